The Kier molecular flexibility index (Phi) is 4.89. The number of hydrogen-bond donors (Lipinski definition) is 1. The van der Waals surface area contributed by atoms with Gasteiger partial charge in [0.25, 0.3) is 0 Å². The molecule has 0 unspecified atom stereocenters. The number of unbranched alkanes of at least 4 members (excludes halogenated alkanes) is 1. The molecule has 5 heteroatoms. The fourth-order valence-electron chi connectivity index (χ4n) is 1.96. The maximum atomic E-state index is 4.39. The first-order chi connectivity index (χ1) is 9.28. The van der Waals surface area contributed by atoms with Gasteiger partial charge in [0.1, 0.15) is 11.6 Å². The van der Waals surface area contributed by atoms with Gasteiger partial charge in [-0.15, -0.1) is 0 Å². The molecule has 0 aliphatic rings. The van der Waals surface area contributed by atoms with E-state index in [9.17, 15) is 0 Å². The molecule has 1 N–H and O–H groups in total. The number of aromatic nitrogens is 4. The second-order valence-corrected chi connectivity index (χ2v) is 4.58. The normalized spacial score (nSPS) is 10.6. The fourth-order valence-corrected chi connectivity index (χ4v) is 1.96. The predicted molar refractivity (Wildman–Crippen MR) is 76.1 cm³/mol. The predicted octanol–water partition coefficient (Wildman–Crippen LogP) is 2.44. The minimum absolute atomic E-state index is 0.834. The average molecular weight is 259 g/mol. The van der Waals surface area contributed by atoms with Gasteiger partial charge in [0.05, 0.1) is 6.33 Å². The van der Waals surface area contributed by atoms with Gasteiger partial charge < -0.3 is 9.88 Å². The Morgan fingerprint density at radius 2 is 2.16 bits per heavy atom. The second-order valence-electron chi connectivity index (χ2n) is 4.58. The lowest BCUT2D eigenvalue weighted by Crippen LogP contribution is -2.07. The lowest BCUT2D eigenvalue weighted by atomic mass is 10.3. The van der Waals surface area contributed by atoms with Crippen LogP contribution in [0, 0.1) is 6.92 Å². The van der Waals surface area contributed by atoms with Gasteiger partial charge in [-0.1, -0.05) is 6.92 Å². The van der Waals surface area contributed by atoms with E-state index in [-0.39, 0.29) is 0 Å². The molecule has 5 nitrogen and oxygen atoms in total. The monoisotopic (exact) mass is 259 g/mol. The molecular formula is C14H21N5. The van der Waals surface area contributed by atoms with Crippen molar-refractivity contribution in [3.05, 3.63) is 36.3 Å². The van der Waals surface area contributed by atoms with E-state index in [1.807, 2.05) is 31.7 Å². The van der Waals surface area contributed by atoms with Crippen LogP contribution in [0.3, 0.4) is 0 Å². The molecule has 2 aromatic rings. The quantitative estimate of drug-likeness (QED) is 0.776. The standard InChI is InChI=1S/C14H21N5/c1-3-13-10-14(18-12(2)17-13)16-6-4-5-8-19-9-7-15-11-19/h7,9-11H,3-6,8H2,1-2H3,(H,16,17,18). The van der Waals surface area contributed by atoms with Gasteiger partial charge in [0, 0.05) is 37.2 Å². The summed E-state index contributed by atoms with van der Waals surface area (Å²) < 4.78 is 2.10. The first-order valence-electron chi connectivity index (χ1n) is 6.82. The summed E-state index contributed by atoms with van der Waals surface area (Å²) in [6.07, 6.45) is 8.85. The Labute approximate surface area is 114 Å². The maximum absolute atomic E-state index is 4.39. The van der Waals surface area contributed by atoms with Crippen molar-refractivity contribution in [1.29, 1.82) is 0 Å². The van der Waals surface area contributed by atoms with Crippen molar-refractivity contribution in [3.63, 3.8) is 0 Å². The Morgan fingerprint density at radius 1 is 1.26 bits per heavy atom. The second kappa shape index (κ2) is 6.87. The summed E-state index contributed by atoms with van der Waals surface area (Å²) >= 11 is 0. The Balaban J connectivity index is 1.72. The van der Waals surface area contributed by atoms with Crippen molar-refractivity contribution >= 4 is 5.82 Å². The van der Waals surface area contributed by atoms with Gasteiger partial charge in [0.15, 0.2) is 0 Å². The summed E-state index contributed by atoms with van der Waals surface area (Å²) in [5.74, 6) is 1.77. The van der Waals surface area contributed by atoms with E-state index in [4.69, 9.17) is 0 Å². The topological polar surface area (TPSA) is 55.6 Å². The SMILES string of the molecule is CCc1cc(NCCCCn2ccnc2)nc(C)n1. The molecule has 0 fully saturated rings. The van der Waals surface area contributed by atoms with E-state index < -0.39 is 0 Å². The highest BCUT2D eigenvalue weighted by molar-refractivity contribution is 5.35. The first kappa shape index (κ1) is 13.5. The van der Waals surface area contributed by atoms with E-state index in [1.165, 1.54) is 0 Å². The van der Waals surface area contributed by atoms with E-state index in [2.05, 4.69) is 31.8 Å². The molecule has 0 bridgehead atoms. The molecule has 0 atom stereocenters. The van der Waals surface area contributed by atoms with E-state index in [0.29, 0.717) is 0 Å². The van der Waals surface area contributed by atoms with E-state index >= 15 is 0 Å². The van der Waals surface area contributed by atoms with Crippen molar-refractivity contribution in [2.75, 3.05) is 11.9 Å². The molecule has 0 radical (unpaired) electrons. The van der Waals surface area contributed by atoms with Crippen molar-refractivity contribution in [3.8, 4) is 0 Å². The van der Waals surface area contributed by atoms with Gasteiger partial charge in [-0.05, 0) is 26.2 Å². The molecule has 2 rings (SSSR count). The third-order valence-corrected chi connectivity index (χ3v) is 2.96. The van der Waals surface area contributed by atoms with Crippen molar-refractivity contribution in [1.82, 2.24) is 19.5 Å². The summed E-state index contributed by atoms with van der Waals surface area (Å²) in [6.45, 7) is 6.00. The van der Waals surface area contributed by atoms with E-state index in [1.54, 1.807) is 0 Å². The Hall–Kier alpha value is -1.91. The zero-order valence-electron chi connectivity index (χ0n) is 11.6. The minimum atomic E-state index is 0.834. The highest BCUT2D eigenvalue weighted by Crippen LogP contribution is 2.07. The van der Waals surface area contributed by atoms with Crippen molar-refractivity contribution in [2.24, 2.45) is 0 Å². The average Bonchev–Trinajstić information content (AvgIpc) is 2.91. The molecule has 2 heterocycles. The molecule has 19 heavy (non-hydrogen) atoms. The molecule has 0 saturated carbocycles. The smallest absolute Gasteiger partial charge is 0.129 e. The Morgan fingerprint density at radius 3 is 2.89 bits per heavy atom. The van der Waals surface area contributed by atoms with Crippen LogP contribution < -0.4 is 5.32 Å². The van der Waals surface area contributed by atoms with E-state index in [0.717, 1.165) is 49.7 Å². The number of nitrogens with zero attached hydrogens (tertiary/aromatic N) is 4. The van der Waals surface area contributed by atoms with Crippen molar-refractivity contribution in [2.45, 2.75) is 39.7 Å². The van der Waals surface area contributed by atoms with Crippen LogP contribution in [0.15, 0.2) is 24.8 Å². The third-order valence-electron chi connectivity index (χ3n) is 2.96. The summed E-state index contributed by atoms with van der Waals surface area (Å²) in [5, 5.41) is 3.36. The van der Waals surface area contributed by atoms with Crippen LogP contribution in [-0.4, -0.2) is 26.1 Å². The summed E-state index contributed by atoms with van der Waals surface area (Å²) in [7, 11) is 0. The molecular weight excluding hydrogens is 238 g/mol. The highest BCUT2D eigenvalue weighted by Gasteiger charge is 1.99. The van der Waals surface area contributed by atoms with Crippen LogP contribution in [0.1, 0.15) is 31.3 Å². The molecule has 0 aliphatic heterocycles. The lowest BCUT2D eigenvalue weighted by molar-refractivity contribution is 0.620. The molecule has 0 aromatic carbocycles. The number of nitrogens with one attached hydrogen (secondary N) is 1. The molecule has 0 aliphatic carbocycles. The first-order valence-corrected chi connectivity index (χ1v) is 6.82. The highest BCUT2D eigenvalue weighted by atomic mass is 15.0. The summed E-state index contributed by atoms with van der Waals surface area (Å²) in [4.78, 5) is 12.8. The van der Waals surface area contributed by atoms with Gasteiger partial charge in [-0.3, -0.25) is 0 Å². The van der Waals surface area contributed by atoms with Crippen LogP contribution in [0.25, 0.3) is 0 Å². The van der Waals surface area contributed by atoms with Crippen LogP contribution >= 0.6 is 0 Å². The number of imidazole rings is 1. The molecule has 0 spiro atoms. The number of rotatable bonds is 7. The zero-order chi connectivity index (χ0) is 13.5. The van der Waals surface area contributed by atoms with Crippen LogP contribution in [0.2, 0.25) is 0 Å². The minimum Gasteiger partial charge on any atom is -0.370 e. The van der Waals surface area contributed by atoms with Crippen LogP contribution in [0.4, 0.5) is 5.82 Å². The van der Waals surface area contributed by atoms with Gasteiger partial charge in [-0.25, -0.2) is 15.0 Å². The maximum Gasteiger partial charge on any atom is 0.129 e. The van der Waals surface area contributed by atoms with Crippen LogP contribution in [-0.2, 0) is 13.0 Å². The molecule has 0 amide bonds. The number of aryl methyl sites for hydroxylation is 3. The number of anilines is 1. The number of hydrogen-bond acceptors (Lipinski definition) is 4. The Bertz CT molecular complexity index is 493. The summed E-state index contributed by atoms with van der Waals surface area (Å²) in [6, 6.07) is 2.03. The molecule has 0 saturated heterocycles. The van der Waals surface area contributed by atoms with Gasteiger partial charge >= 0.3 is 0 Å². The van der Waals surface area contributed by atoms with Crippen LogP contribution in [0.5, 0.6) is 0 Å². The zero-order valence-corrected chi connectivity index (χ0v) is 11.6. The molecule has 102 valence electrons. The fraction of sp³-hybridized carbons (Fsp3) is 0.500. The van der Waals surface area contributed by atoms with Crippen molar-refractivity contribution < 1.29 is 0 Å². The largest absolute Gasteiger partial charge is 0.370 e. The third kappa shape index (κ3) is 4.35. The summed E-state index contributed by atoms with van der Waals surface area (Å²) in [5.41, 5.74) is 1.09. The molecule has 2 aromatic heterocycles. The lowest BCUT2D eigenvalue weighted by Gasteiger charge is -2.08. The van der Waals surface area contributed by atoms with Gasteiger partial charge in [0.2, 0.25) is 0 Å². The van der Waals surface area contributed by atoms with Gasteiger partial charge in [-0.2, -0.15) is 0 Å².